The van der Waals surface area contributed by atoms with E-state index in [0.717, 1.165) is 0 Å². The molecule has 128 valence electrons. The number of aromatic hydroxyl groups is 2. The first kappa shape index (κ1) is 18.2. The molecule has 2 rings (SSSR count). The third-order valence-corrected chi connectivity index (χ3v) is 2.79. The lowest BCUT2D eigenvalue weighted by atomic mass is 10.1. The highest BCUT2D eigenvalue weighted by atomic mass is 16.4. The maximum absolute atomic E-state index is 10.4. The highest BCUT2D eigenvalue weighted by molar-refractivity contribution is 5.96. The minimum atomic E-state index is -1.45. The normalized spacial score (nSPS) is 9.67. The third-order valence-electron chi connectivity index (χ3n) is 2.79. The monoisotopic (exact) mass is 337 g/mol. The topological polar surface area (TPSA) is 232 Å². The molecule has 0 aliphatic carbocycles. The van der Waals surface area contributed by atoms with Gasteiger partial charge in [0.05, 0.1) is 23.3 Å². The van der Waals surface area contributed by atoms with Crippen molar-refractivity contribution in [2.75, 3.05) is 22.9 Å². The lowest BCUT2D eigenvalue weighted by Gasteiger charge is -2.04. The van der Waals surface area contributed by atoms with Crippen LogP contribution in [-0.4, -0.2) is 37.3 Å². The second kappa shape index (κ2) is 6.91. The number of pyridine rings is 1. The summed E-state index contributed by atoms with van der Waals surface area (Å²) in [4.78, 5) is 24.6. The van der Waals surface area contributed by atoms with Crippen molar-refractivity contribution in [3.05, 3.63) is 29.5 Å². The molecule has 0 amide bonds. The molecule has 0 saturated heterocycles. The van der Waals surface area contributed by atoms with E-state index in [-0.39, 0.29) is 11.5 Å². The molecule has 0 aliphatic rings. The minimum Gasteiger partial charge on any atom is -0.507 e. The van der Waals surface area contributed by atoms with Gasteiger partial charge in [0, 0.05) is 0 Å². The standard InChI is InChI=1S/C8H6O6.C5H9N5/c9-5-1-3(7(11)12)6(10)2-4(5)8(13)14;6-2-1-10-5(9)4(8)3(2)7/h1-2,9-10H,(H,11,12)(H,13,14);1H,6,8H2,(H4,7,9,10). The van der Waals surface area contributed by atoms with E-state index < -0.39 is 34.6 Å². The van der Waals surface area contributed by atoms with E-state index in [1.165, 1.54) is 6.20 Å². The fourth-order valence-electron chi connectivity index (χ4n) is 1.49. The van der Waals surface area contributed by atoms with Gasteiger partial charge in [0.1, 0.15) is 28.4 Å². The Kier molecular flexibility index (Phi) is 5.23. The van der Waals surface area contributed by atoms with E-state index in [9.17, 15) is 9.59 Å². The van der Waals surface area contributed by atoms with Crippen LogP contribution >= 0.6 is 0 Å². The first-order valence-electron chi connectivity index (χ1n) is 6.13. The summed E-state index contributed by atoms with van der Waals surface area (Å²) in [6, 6.07) is 1.36. The highest BCUT2D eigenvalue weighted by Crippen LogP contribution is 2.27. The molecule has 0 atom stereocenters. The first-order valence-corrected chi connectivity index (χ1v) is 6.13. The third kappa shape index (κ3) is 3.85. The van der Waals surface area contributed by atoms with Crippen molar-refractivity contribution in [1.82, 2.24) is 4.98 Å². The number of rotatable bonds is 2. The maximum Gasteiger partial charge on any atom is 0.339 e. The highest BCUT2D eigenvalue weighted by Gasteiger charge is 2.17. The second-order valence-electron chi connectivity index (χ2n) is 4.42. The van der Waals surface area contributed by atoms with Gasteiger partial charge in [-0.05, 0) is 12.1 Å². The molecule has 12 N–H and O–H groups in total. The number of nitrogens with two attached hydrogens (primary N) is 4. The first-order chi connectivity index (χ1) is 11.1. The Hall–Kier alpha value is -3.89. The zero-order chi connectivity index (χ0) is 18.6. The molecule has 0 aliphatic heterocycles. The molecular formula is C13H15N5O6. The Labute approximate surface area is 134 Å². The van der Waals surface area contributed by atoms with Gasteiger partial charge in [0.2, 0.25) is 0 Å². The molecule has 0 saturated carbocycles. The summed E-state index contributed by atoms with van der Waals surface area (Å²) in [5.41, 5.74) is 21.3. The Morgan fingerprint density at radius 2 is 1.25 bits per heavy atom. The van der Waals surface area contributed by atoms with E-state index >= 15 is 0 Å². The molecule has 0 spiro atoms. The number of carboxylic acids is 2. The molecule has 0 unspecified atom stereocenters. The quantitative estimate of drug-likeness (QED) is 0.337. The fraction of sp³-hybridized carbons (Fsp3) is 0. The van der Waals surface area contributed by atoms with E-state index in [1.54, 1.807) is 0 Å². The Balaban J connectivity index is 0.000000254. The SMILES string of the molecule is Nc1cnc(N)c(N)c1N.O=C(O)c1cc(O)c(C(=O)O)cc1O. The van der Waals surface area contributed by atoms with Gasteiger partial charge in [-0.15, -0.1) is 0 Å². The lowest BCUT2D eigenvalue weighted by Crippen LogP contribution is -2.05. The van der Waals surface area contributed by atoms with Crippen LogP contribution in [0.2, 0.25) is 0 Å². The number of carbonyl (C=O) groups is 2. The number of aromatic carboxylic acids is 2. The van der Waals surface area contributed by atoms with E-state index in [2.05, 4.69) is 4.98 Å². The summed E-state index contributed by atoms with van der Waals surface area (Å²) >= 11 is 0. The Morgan fingerprint density at radius 3 is 1.58 bits per heavy atom. The summed E-state index contributed by atoms with van der Waals surface area (Å²) in [6.07, 6.45) is 1.38. The molecule has 0 radical (unpaired) electrons. The zero-order valence-electron chi connectivity index (χ0n) is 12.1. The van der Waals surface area contributed by atoms with Crippen molar-refractivity contribution < 1.29 is 30.0 Å². The molecule has 0 bridgehead atoms. The van der Waals surface area contributed by atoms with Crippen LogP contribution < -0.4 is 22.9 Å². The number of hydrogen-bond donors (Lipinski definition) is 8. The van der Waals surface area contributed by atoms with Crippen molar-refractivity contribution >= 4 is 34.8 Å². The van der Waals surface area contributed by atoms with Gasteiger partial charge >= 0.3 is 11.9 Å². The van der Waals surface area contributed by atoms with Gasteiger partial charge in [-0.1, -0.05) is 0 Å². The van der Waals surface area contributed by atoms with Gasteiger partial charge in [0.15, 0.2) is 0 Å². The van der Waals surface area contributed by atoms with Crippen LogP contribution in [0.3, 0.4) is 0 Å². The molecule has 2 aromatic rings. The van der Waals surface area contributed by atoms with Crippen molar-refractivity contribution in [3.63, 3.8) is 0 Å². The molecule has 1 aromatic carbocycles. The van der Waals surface area contributed by atoms with Gasteiger partial charge in [-0.2, -0.15) is 0 Å². The molecule has 0 fully saturated rings. The van der Waals surface area contributed by atoms with Crippen LogP contribution in [0, 0.1) is 0 Å². The predicted octanol–water partition coefficient (Wildman–Crippen LogP) is -0.0954. The number of aromatic nitrogens is 1. The second-order valence-corrected chi connectivity index (χ2v) is 4.42. The number of anilines is 4. The van der Waals surface area contributed by atoms with Crippen LogP contribution in [0.1, 0.15) is 20.7 Å². The number of nitrogen functional groups attached to an aromatic ring is 4. The Bertz CT molecular complexity index is 741. The summed E-state index contributed by atoms with van der Waals surface area (Å²) < 4.78 is 0. The number of carboxylic acid groups (broad SMARTS) is 2. The van der Waals surface area contributed by atoms with E-state index in [4.69, 9.17) is 43.4 Å². The molecule has 1 aromatic heterocycles. The van der Waals surface area contributed by atoms with Crippen LogP contribution in [0.4, 0.5) is 22.9 Å². The van der Waals surface area contributed by atoms with Crippen molar-refractivity contribution in [3.8, 4) is 11.5 Å². The van der Waals surface area contributed by atoms with Gasteiger partial charge < -0.3 is 43.4 Å². The molecular weight excluding hydrogens is 322 g/mol. The van der Waals surface area contributed by atoms with Crippen molar-refractivity contribution in [1.29, 1.82) is 0 Å². The molecule has 1 heterocycles. The lowest BCUT2D eigenvalue weighted by molar-refractivity contribution is 0.0675. The minimum absolute atomic E-state index is 0.215. The largest absolute Gasteiger partial charge is 0.507 e. The summed E-state index contributed by atoms with van der Waals surface area (Å²) in [5.74, 6) is -4.09. The molecule has 24 heavy (non-hydrogen) atoms. The zero-order valence-corrected chi connectivity index (χ0v) is 12.1. The number of nitrogens with zero attached hydrogens (tertiary/aromatic N) is 1. The average Bonchev–Trinajstić information content (AvgIpc) is 2.51. The van der Waals surface area contributed by atoms with Crippen molar-refractivity contribution in [2.45, 2.75) is 0 Å². The van der Waals surface area contributed by atoms with Crippen LogP contribution in [0.15, 0.2) is 18.3 Å². The number of phenols is 2. The van der Waals surface area contributed by atoms with Crippen LogP contribution in [-0.2, 0) is 0 Å². The smallest absolute Gasteiger partial charge is 0.339 e. The van der Waals surface area contributed by atoms with Gasteiger partial charge in [0.25, 0.3) is 0 Å². The number of benzene rings is 1. The Morgan fingerprint density at radius 1 is 0.833 bits per heavy atom. The molecule has 11 heteroatoms. The summed E-state index contributed by atoms with van der Waals surface area (Å²) in [6.45, 7) is 0. The number of hydrogen-bond acceptors (Lipinski definition) is 9. The van der Waals surface area contributed by atoms with Crippen LogP contribution in [0.5, 0.6) is 11.5 Å². The average molecular weight is 337 g/mol. The van der Waals surface area contributed by atoms with E-state index in [1.807, 2.05) is 0 Å². The summed E-state index contributed by atoms with van der Waals surface area (Å²) in [7, 11) is 0. The summed E-state index contributed by atoms with van der Waals surface area (Å²) in [5, 5.41) is 35.2. The van der Waals surface area contributed by atoms with Gasteiger partial charge in [-0.3, -0.25) is 0 Å². The van der Waals surface area contributed by atoms with Crippen LogP contribution in [0.25, 0.3) is 0 Å². The molecule has 11 nitrogen and oxygen atoms in total. The predicted molar refractivity (Wildman–Crippen MR) is 85.6 cm³/mol. The fourth-order valence-corrected chi connectivity index (χ4v) is 1.49. The maximum atomic E-state index is 10.4. The van der Waals surface area contributed by atoms with Gasteiger partial charge in [-0.25, -0.2) is 14.6 Å². The van der Waals surface area contributed by atoms with E-state index in [0.29, 0.717) is 23.5 Å². The van der Waals surface area contributed by atoms with Crippen molar-refractivity contribution in [2.24, 2.45) is 0 Å².